The fourth-order valence-corrected chi connectivity index (χ4v) is 2.46. The second-order valence-electron chi connectivity index (χ2n) is 6.05. The molecule has 0 aliphatic carbocycles. The molecule has 2 rings (SSSR count). The summed E-state index contributed by atoms with van der Waals surface area (Å²) >= 11 is 0. The lowest BCUT2D eigenvalue weighted by atomic mass is 9.85. The predicted octanol–water partition coefficient (Wildman–Crippen LogP) is 2.43. The van der Waals surface area contributed by atoms with Crippen LogP contribution < -0.4 is 0 Å². The lowest BCUT2D eigenvalue weighted by Gasteiger charge is -2.23. The van der Waals surface area contributed by atoms with Crippen molar-refractivity contribution >= 4 is 11.9 Å². The van der Waals surface area contributed by atoms with E-state index in [1.807, 2.05) is 4.90 Å². The average molecular weight is 276 g/mol. The number of carboxylic acid groups (broad SMARTS) is 1. The van der Waals surface area contributed by atoms with Gasteiger partial charge < -0.3 is 10.0 Å². The second kappa shape index (κ2) is 5.61. The number of pyridine rings is 1. The van der Waals surface area contributed by atoms with Gasteiger partial charge in [0.05, 0.1) is 5.56 Å². The Morgan fingerprint density at radius 2 is 2.00 bits per heavy atom. The number of hydrogen-bond acceptors (Lipinski definition) is 3. The number of amides is 1. The smallest absolute Gasteiger partial charge is 0.354 e. The number of carbonyl (C=O) groups excluding carboxylic acids is 1. The number of hydrogen-bond donors (Lipinski definition) is 1. The van der Waals surface area contributed by atoms with E-state index in [1.54, 1.807) is 0 Å². The number of aromatic carboxylic acids is 1. The minimum absolute atomic E-state index is 0.0430. The zero-order chi connectivity index (χ0) is 14.8. The van der Waals surface area contributed by atoms with Crippen molar-refractivity contribution < 1.29 is 14.7 Å². The molecule has 1 aromatic rings. The van der Waals surface area contributed by atoms with Crippen LogP contribution in [0.5, 0.6) is 0 Å². The van der Waals surface area contributed by atoms with Crippen LogP contribution in [0.3, 0.4) is 0 Å². The topological polar surface area (TPSA) is 70.5 Å². The maximum Gasteiger partial charge on any atom is 0.354 e. The number of carboxylic acids is 1. The van der Waals surface area contributed by atoms with Gasteiger partial charge >= 0.3 is 5.97 Å². The first-order valence-corrected chi connectivity index (χ1v) is 6.88. The van der Waals surface area contributed by atoms with Crippen LogP contribution in [-0.4, -0.2) is 40.0 Å². The van der Waals surface area contributed by atoms with E-state index in [-0.39, 0.29) is 17.0 Å². The quantitative estimate of drug-likeness (QED) is 0.900. The first kappa shape index (κ1) is 14.5. The molecular weight excluding hydrogens is 256 g/mol. The molecule has 0 saturated carbocycles. The fraction of sp³-hybridized carbons (Fsp3) is 0.533. The molecule has 0 aromatic carbocycles. The summed E-state index contributed by atoms with van der Waals surface area (Å²) in [5, 5.41) is 8.80. The third-order valence-electron chi connectivity index (χ3n) is 3.86. The average Bonchev–Trinajstić information content (AvgIpc) is 2.59. The molecule has 20 heavy (non-hydrogen) atoms. The third kappa shape index (κ3) is 3.35. The molecule has 5 nitrogen and oxygen atoms in total. The van der Waals surface area contributed by atoms with Crippen molar-refractivity contribution in [3.05, 3.63) is 29.6 Å². The van der Waals surface area contributed by atoms with Crippen molar-refractivity contribution in [2.45, 2.75) is 33.1 Å². The van der Waals surface area contributed by atoms with Gasteiger partial charge in [-0.15, -0.1) is 0 Å². The molecule has 1 fully saturated rings. The van der Waals surface area contributed by atoms with Crippen LogP contribution in [0.2, 0.25) is 0 Å². The molecule has 108 valence electrons. The van der Waals surface area contributed by atoms with Gasteiger partial charge in [-0.25, -0.2) is 9.78 Å². The lowest BCUT2D eigenvalue weighted by molar-refractivity contribution is 0.0687. The minimum Gasteiger partial charge on any atom is -0.477 e. The fourth-order valence-electron chi connectivity index (χ4n) is 2.46. The van der Waals surface area contributed by atoms with Crippen molar-refractivity contribution in [2.24, 2.45) is 5.41 Å². The minimum atomic E-state index is -1.08. The van der Waals surface area contributed by atoms with Gasteiger partial charge in [0.15, 0.2) is 0 Å². The summed E-state index contributed by atoms with van der Waals surface area (Å²) < 4.78 is 0. The molecule has 1 N–H and O–H groups in total. The SMILES string of the molecule is CC1(C)CCCN(C(=O)c2ccc(C(=O)O)nc2)CC1. The van der Waals surface area contributed by atoms with Crippen LogP contribution in [0, 0.1) is 5.41 Å². The molecule has 1 aliphatic rings. The largest absolute Gasteiger partial charge is 0.477 e. The van der Waals surface area contributed by atoms with Gasteiger partial charge in [-0.3, -0.25) is 4.79 Å². The highest BCUT2D eigenvalue weighted by Gasteiger charge is 2.26. The maximum atomic E-state index is 12.4. The van der Waals surface area contributed by atoms with Gasteiger partial charge in [0.2, 0.25) is 0 Å². The van der Waals surface area contributed by atoms with Crippen LogP contribution in [-0.2, 0) is 0 Å². The predicted molar refractivity (Wildman–Crippen MR) is 74.7 cm³/mol. The summed E-state index contributed by atoms with van der Waals surface area (Å²) in [4.78, 5) is 28.8. The van der Waals surface area contributed by atoms with Crippen molar-refractivity contribution in [1.82, 2.24) is 9.88 Å². The highest BCUT2D eigenvalue weighted by molar-refractivity contribution is 5.94. The Morgan fingerprint density at radius 1 is 1.25 bits per heavy atom. The summed E-state index contributed by atoms with van der Waals surface area (Å²) in [6.07, 6.45) is 4.45. The highest BCUT2D eigenvalue weighted by Crippen LogP contribution is 2.30. The molecule has 2 heterocycles. The Hall–Kier alpha value is -1.91. The van der Waals surface area contributed by atoms with E-state index in [1.165, 1.54) is 18.3 Å². The Bertz CT molecular complexity index is 508. The van der Waals surface area contributed by atoms with Gasteiger partial charge in [0, 0.05) is 19.3 Å². The number of nitrogens with zero attached hydrogens (tertiary/aromatic N) is 2. The summed E-state index contributed by atoms with van der Waals surface area (Å²) in [6, 6.07) is 2.91. The van der Waals surface area contributed by atoms with E-state index < -0.39 is 5.97 Å². The first-order chi connectivity index (χ1) is 9.39. The van der Waals surface area contributed by atoms with Crippen LogP contribution in [0.1, 0.15) is 54.0 Å². The third-order valence-corrected chi connectivity index (χ3v) is 3.86. The zero-order valence-corrected chi connectivity index (χ0v) is 11.9. The molecular formula is C15H20N2O3. The number of aromatic nitrogens is 1. The highest BCUT2D eigenvalue weighted by atomic mass is 16.4. The molecule has 0 bridgehead atoms. The van der Waals surface area contributed by atoms with Crippen molar-refractivity contribution in [3.8, 4) is 0 Å². The summed E-state index contributed by atoms with van der Waals surface area (Å²) in [6.45, 7) is 5.95. The van der Waals surface area contributed by atoms with Gasteiger partial charge in [-0.2, -0.15) is 0 Å². The molecule has 5 heteroatoms. The summed E-state index contributed by atoms with van der Waals surface area (Å²) in [5.74, 6) is -1.15. The van der Waals surface area contributed by atoms with E-state index in [9.17, 15) is 9.59 Å². The Kier molecular flexibility index (Phi) is 4.06. The lowest BCUT2D eigenvalue weighted by Crippen LogP contribution is -2.32. The van der Waals surface area contributed by atoms with Crippen LogP contribution in [0.15, 0.2) is 18.3 Å². The molecule has 1 saturated heterocycles. The van der Waals surface area contributed by atoms with Crippen molar-refractivity contribution in [1.29, 1.82) is 0 Å². The Morgan fingerprint density at radius 3 is 2.60 bits per heavy atom. The maximum absolute atomic E-state index is 12.4. The molecule has 1 aliphatic heterocycles. The number of likely N-dealkylation sites (tertiary alicyclic amines) is 1. The summed E-state index contributed by atoms with van der Waals surface area (Å²) in [7, 11) is 0. The first-order valence-electron chi connectivity index (χ1n) is 6.88. The van der Waals surface area contributed by atoms with Crippen LogP contribution in [0.4, 0.5) is 0 Å². The molecule has 0 spiro atoms. The van der Waals surface area contributed by atoms with E-state index in [2.05, 4.69) is 18.8 Å². The molecule has 1 aromatic heterocycles. The van der Waals surface area contributed by atoms with E-state index >= 15 is 0 Å². The van der Waals surface area contributed by atoms with E-state index in [0.717, 1.165) is 32.4 Å². The monoisotopic (exact) mass is 276 g/mol. The van der Waals surface area contributed by atoms with Crippen molar-refractivity contribution in [3.63, 3.8) is 0 Å². The normalized spacial score (nSPS) is 18.4. The number of carbonyl (C=O) groups is 2. The van der Waals surface area contributed by atoms with Crippen LogP contribution >= 0.6 is 0 Å². The Balaban J connectivity index is 2.09. The van der Waals surface area contributed by atoms with Gasteiger partial charge in [-0.05, 0) is 36.8 Å². The van der Waals surface area contributed by atoms with E-state index in [0.29, 0.717) is 5.56 Å². The molecule has 0 unspecified atom stereocenters. The van der Waals surface area contributed by atoms with Gasteiger partial charge in [0.25, 0.3) is 5.91 Å². The summed E-state index contributed by atoms with van der Waals surface area (Å²) in [5.41, 5.74) is 0.689. The Labute approximate surface area is 118 Å². The number of rotatable bonds is 2. The standard InChI is InChI=1S/C15H20N2O3/c1-15(2)6-3-8-17(9-7-15)13(18)11-4-5-12(14(19)20)16-10-11/h4-5,10H,3,6-9H2,1-2H3,(H,19,20). The second-order valence-corrected chi connectivity index (χ2v) is 6.05. The molecule has 1 amide bonds. The molecule has 0 radical (unpaired) electrons. The van der Waals surface area contributed by atoms with Gasteiger partial charge in [-0.1, -0.05) is 13.8 Å². The van der Waals surface area contributed by atoms with Crippen LogP contribution in [0.25, 0.3) is 0 Å². The van der Waals surface area contributed by atoms with E-state index in [4.69, 9.17) is 5.11 Å². The van der Waals surface area contributed by atoms with Gasteiger partial charge in [0.1, 0.15) is 5.69 Å². The van der Waals surface area contributed by atoms with Crippen molar-refractivity contribution in [2.75, 3.05) is 13.1 Å². The molecule has 0 atom stereocenters. The zero-order valence-electron chi connectivity index (χ0n) is 11.9.